The van der Waals surface area contributed by atoms with Crippen LogP contribution in [-0.2, 0) is 12.8 Å². The molecule has 0 aliphatic heterocycles. The van der Waals surface area contributed by atoms with E-state index in [2.05, 4.69) is 29.4 Å². The molecule has 1 heterocycles. The molecule has 1 aromatic heterocycles. The number of nitrogens with zero attached hydrogens (tertiary/aromatic N) is 2. The summed E-state index contributed by atoms with van der Waals surface area (Å²) < 4.78 is 13.7. The maximum absolute atomic E-state index is 13.7. The molecule has 108 valence electrons. The van der Waals surface area contributed by atoms with Crippen LogP contribution in [0.25, 0.3) is 0 Å². The van der Waals surface area contributed by atoms with Crippen LogP contribution < -0.4 is 5.32 Å². The van der Waals surface area contributed by atoms with Crippen LogP contribution in [0.2, 0.25) is 5.02 Å². The van der Waals surface area contributed by atoms with E-state index in [0.717, 1.165) is 23.0 Å². The van der Waals surface area contributed by atoms with Gasteiger partial charge in [0.1, 0.15) is 15.8 Å². The SMILES string of the molecule is CC(C)NCCc1nnc(Cc2c(F)cccc2Cl)s1. The highest BCUT2D eigenvalue weighted by Gasteiger charge is 2.11. The van der Waals surface area contributed by atoms with Crippen LogP contribution in [0, 0.1) is 5.82 Å². The van der Waals surface area contributed by atoms with E-state index in [1.165, 1.54) is 17.4 Å². The van der Waals surface area contributed by atoms with Gasteiger partial charge in [-0.3, -0.25) is 0 Å². The summed E-state index contributed by atoms with van der Waals surface area (Å²) >= 11 is 7.52. The van der Waals surface area contributed by atoms with Crippen molar-refractivity contribution in [2.45, 2.75) is 32.7 Å². The molecule has 3 nitrogen and oxygen atoms in total. The van der Waals surface area contributed by atoms with E-state index in [1.807, 2.05) is 0 Å². The van der Waals surface area contributed by atoms with E-state index < -0.39 is 0 Å². The van der Waals surface area contributed by atoms with Gasteiger partial charge in [0, 0.05) is 36.0 Å². The highest BCUT2D eigenvalue weighted by Crippen LogP contribution is 2.23. The molecular weight excluding hydrogens is 297 g/mol. The Morgan fingerprint density at radius 2 is 2.05 bits per heavy atom. The molecule has 1 aromatic carbocycles. The van der Waals surface area contributed by atoms with Gasteiger partial charge in [-0.2, -0.15) is 0 Å². The molecule has 0 unspecified atom stereocenters. The molecule has 0 atom stereocenters. The molecule has 0 saturated carbocycles. The molecule has 1 N–H and O–H groups in total. The van der Waals surface area contributed by atoms with Gasteiger partial charge in [0.2, 0.25) is 0 Å². The van der Waals surface area contributed by atoms with Gasteiger partial charge in [0.15, 0.2) is 0 Å². The molecule has 0 bridgehead atoms. The van der Waals surface area contributed by atoms with Crippen LogP contribution in [0.4, 0.5) is 4.39 Å². The first-order valence-electron chi connectivity index (χ1n) is 6.54. The minimum Gasteiger partial charge on any atom is -0.314 e. The van der Waals surface area contributed by atoms with E-state index in [-0.39, 0.29) is 5.82 Å². The highest BCUT2D eigenvalue weighted by atomic mass is 35.5. The molecule has 0 fully saturated rings. The molecular formula is C14H17ClFN3S. The van der Waals surface area contributed by atoms with Crippen LogP contribution in [0.15, 0.2) is 18.2 Å². The first-order chi connectivity index (χ1) is 9.56. The largest absolute Gasteiger partial charge is 0.314 e. The quantitative estimate of drug-likeness (QED) is 0.887. The van der Waals surface area contributed by atoms with Crippen LogP contribution in [0.5, 0.6) is 0 Å². The monoisotopic (exact) mass is 313 g/mol. The Bertz CT molecular complexity index is 551. The van der Waals surface area contributed by atoms with Gasteiger partial charge < -0.3 is 5.32 Å². The molecule has 0 aliphatic rings. The summed E-state index contributed by atoms with van der Waals surface area (Å²) in [5, 5.41) is 13.7. The Labute approximate surface area is 127 Å². The summed E-state index contributed by atoms with van der Waals surface area (Å²) in [5.41, 5.74) is 0.483. The Morgan fingerprint density at radius 1 is 1.30 bits per heavy atom. The third kappa shape index (κ3) is 4.23. The van der Waals surface area contributed by atoms with E-state index in [1.54, 1.807) is 12.1 Å². The van der Waals surface area contributed by atoms with Gasteiger partial charge >= 0.3 is 0 Å². The number of hydrogen-bond acceptors (Lipinski definition) is 4. The average Bonchev–Trinajstić information content (AvgIpc) is 2.81. The van der Waals surface area contributed by atoms with Crippen molar-refractivity contribution in [3.8, 4) is 0 Å². The average molecular weight is 314 g/mol. The Balaban J connectivity index is 1.99. The third-order valence-electron chi connectivity index (χ3n) is 2.79. The van der Waals surface area contributed by atoms with Gasteiger partial charge in [-0.1, -0.05) is 31.5 Å². The standard InChI is InChI=1S/C14H17ClFN3S/c1-9(2)17-7-6-13-18-19-14(20-13)8-10-11(15)4-3-5-12(10)16/h3-5,9,17H,6-8H2,1-2H3. The second kappa shape index (κ2) is 7.11. The predicted octanol–water partition coefficient (Wildman–Crippen LogP) is 3.46. The number of rotatable bonds is 6. The normalized spacial score (nSPS) is 11.2. The van der Waals surface area contributed by atoms with Crippen LogP contribution in [0.1, 0.15) is 29.4 Å². The van der Waals surface area contributed by atoms with Crippen LogP contribution in [-0.4, -0.2) is 22.8 Å². The molecule has 0 spiro atoms. The van der Waals surface area contributed by atoms with E-state index in [0.29, 0.717) is 23.0 Å². The Kier molecular flexibility index (Phi) is 5.46. The van der Waals surface area contributed by atoms with Gasteiger partial charge in [-0.25, -0.2) is 4.39 Å². The van der Waals surface area contributed by atoms with Gasteiger partial charge in [0.25, 0.3) is 0 Å². The fourth-order valence-corrected chi connectivity index (χ4v) is 2.87. The van der Waals surface area contributed by atoms with Crippen molar-refractivity contribution in [3.05, 3.63) is 44.6 Å². The topological polar surface area (TPSA) is 37.8 Å². The lowest BCUT2D eigenvalue weighted by molar-refractivity contribution is 0.588. The summed E-state index contributed by atoms with van der Waals surface area (Å²) in [4.78, 5) is 0. The predicted molar refractivity (Wildman–Crippen MR) is 81.0 cm³/mol. The summed E-state index contributed by atoms with van der Waals surface area (Å²) in [5.74, 6) is -0.296. The molecule has 0 saturated heterocycles. The second-order valence-electron chi connectivity index (χ2n) is 4.83. The van der Waals surface area contributed by atoms with E-state index in [4.69, 9.17) is 11.6 Å². The fraction of sp³-hybridized carbons (Fsp3) is 0.429. The smallest absolute Gasteiger partial charge is 0.128 e. The minimum atomic E-state index is -0.296. The fourth-order valence-electron chi connectivity index (χ4n) is 1.78. The third-order valence-corrected chi connectivity index (χ3v) is 4.13. The molecule has 2 aromatic rings. The van der Waals surface area contributed by atoms with Gasteiger partial charge in [-0.05, 0) is 12.1 Å². The van der Waals surface area contributed by atoms with E-state index >= 15 is 0 Å². The molecule has 0 amide bonds. The zero-order chi connectivity index (χ0) is 14.5. The number of hydrogen-bond donors (Lipinski definition) is 1. The zero-order valence-electron chi connectivity index (χ0n) is 11.5. The van der Waals surface area contributed by atoms with Crippen molar-refractivity contribution < 1.29 is 4.39 Å². The van der Waals surface area contributed by atoms with Crippen LogP contribution in [0.3, 0.4) is 0 Å². The van der Waals surface area contributed by atoms with E-state index in [9.17, 15) is 4.39 Å². The maximum Gasteiger partial charge on any atom is 0.128 e. The lowest BCUT2D eigenvalue weighted by atomic mass is 10.1. The van der Waals surface area contributed by atoms with Crippen molar-refractivity contribution in [1.29, 1.82) is 0 Å². The van der Waals surface area contributed by atoms with Crippen molar-refractivity contribution in [1.82, 2.24) is 15.5 Å². The van der Waals surface area contributed by atoms with Gasteiger partial charge in [0.05, 0.1) is 0 Å². The minimum absolute atomic E-state index is 0.296. The molecule has 6 heteroatoms. The molecule has 0 aliphatic carbocycles. The highest BCUT2D eigenvalue weighted by molar-refractivity contribution is 7.11. The van der Waals surface area contributed by atoms with Gasteiger partial charge in [-0.15, -0.1) is 21.5 Å². The number of aromatic nitrogens is 2. The number of nitrogens with one attached hydrogen (secondary N) is 1. The Morgan fingerprint density at radius 3 is 2.75 bits per heavy atom. The van der Waals surface area contributed by atoms with Crippen molar-refractivity contribution >= 4 is 22.9 Å². The first kappa shape index (κ1) is 15.4. The molecule has 2 rings (SSSR count). The molecule has 0 radical (unpaired) electrons. The summed E-state index contributed by atoms with van der Waals surface area (Å²) in [6.45, 7) is 5.07. The first-order valence-corrected chi connectivity index (χ1v) is 7.73. The molecule has 20 heavy (non-hydrogen) atoms. The van der Waals surface area contributed by atoms with Crippen molar-refractivity contribution in [2.24, 2.45) is 0 Å². The maximum atomic E-state index is 13.7. The zero-order valence-corrected chi connectivity index (χ0v) is 13.1. The summed E-state index contributed by atoms with van der Waals surface area (Å²) in [7, 11) is 0. The van der Waals surface area contributed by atoms with Crippen molar-refractivity contribution in [2.75, 3.05) is 6.54 Å². The number of benzene rings is 1. The second-order valence-corrected chi connectivity index (χ2v) is 6.38. The lowest BCUT2D eigenvalue weighted by Crippen LogP contribution is -2.24. The van der Waals surface area contributed by atoms with Crippen LogP contribution >= 0.6 is 22.9 Å². The van der Waals surface area contributed by atoms with Crippen molar-refractivity contribution in [3.63, 3.8) is 0 Å². The number of halogens is 2. The Hall–Kier alpha value is -1.04. The summed E-state index contributed by atoms with van der Waals surface area (Å²) in [6.07, 6.45) is 1.22. The lowest BCUT2D eigenvalue weighted by Gasteiger charge is -2.05. The summed E-state index contributed by atoms with van der Waals surface area (Å²) in [6, 6.07) is 5.16.